The number of hydrogen-bond donors (Lipinski definition) is 7. The third kappa shape index (κ3) is 5.33. The van der Waals surface area contributed by atoms with Gasteiger partial charge in [-0.2, -0.15) is 4.98 Å². The van der Waals surface area contributed by atoms with E-state index in [1.807, 2.05) is 0 Å². The Morgan fingerprint density at radius 2 is 1.47 bits per heavy atom. The molecule has 2 bridgehead atoms. The lowest BCUT2D eigenvalue weighted by atomic mass is 10.2. The summed E-state index contributed by atoms with van der Waals surface area (Å²) in [6, 6.07) is 1.51. The molecule has 24 heteroatoms. The van der Waals surface area contributed by atoms with Gasteiger partial charge in [0.05, 0.1) is 18.3 Å². The molecule has 4 aromatic rings. The highest BCUT2D eigenvalue weighted by Gasteiger charge is 2.54. The third-order valence-corrected chi connectivity index (χ3v) is 9.30. The third-order valence-electron chi connectivity index (χ3n) is 7.21. The van der Waals surface area contributed by atoms with Crippen LogP contribution >= 0.6 is 15.2 Å². The molecule has 3 aliphatic rings. The second kappa shape index (κ2) is 10.9. The van der Waals surface area contributed by atoms with Gasteiger partial charge in [-0.15, -0.1) is 0 Å². The highest BCUT2D eigenvalue weighted by molar-refractivity contribution is 7.52. The molecule has 0 aliphatic carbocycles. The van der Waals surface area contributed by atoms with Gasteiger partial charge in [0, 0.05) is 6.20 Å². The number of aliphatic hydroxyl groups excluding tert-OH is 2. The second-order valence-corrected chi connectivity index (χ2v) is 13.8. The number of aromatic nitrogens is 7. The van der Waals surface area contributed by atoms with Gasteiger partial charge in [-0.25, -0.2) is 15.0 Å². The zero-order valence-corrected chi connectivity index (χ0v) is 24.3. The lowest BCUT2D eigenvalue weighted by Gasteiger charge is -2.26. The topological polar surface area (TPSA) is 317 Å². The molecule has 9 N–H and O–H groups in total. The number of hydrogen-bond acceptors (Lipinski definition) is 17. The molecular formula is C21H25N9O13P2. The van der Waals surface area contributed by atoms with E-state index in [1.54, 1.807) is 0 Å². The van der Waals surface area contributed by atoms with E-state index in [2.05, 4.69) is 24.9 Å². The first kappa shape index (κ1) is 30.3. The van der Waals surface area contributed by atoms with Crippen molar-refractivity contribution in [2.75, 3.05) is 24.2 Å². The summed E-state index contributed by atoms with van der Waals surface area (Å²) in [6.45, 7) is 0. The van der Waals surface area contributed by atoms with Crippen LogP contribution in [-0.2, 0) is 37.1 Å². The summed E-state index contributed by atoms with van der Waals surface area (Å²) in [5.41, 5.74) is 11.3. The number of pyridine rings is 1. The summed E-state index contributed by atoms with van der Waals surface area (Å²) in [6.07, 6.45) is -11.7. The van der Waals surface area contributed by atoms with Crippen LogP contribution < -0.4 is 17.0 Å². The molecule has 0 aromatic carbocycles. The number of nitrogens with zero attached hydrogens (tertiary/aromatic N) is 6. The second-order valence-electron chi connectivity index (χ2n) is 10.3. The van der Waals surface area contributed by atoms with Crippen molar-refractivity contribution in [3.63, 3.8) is 0 Å². The van der Waals surface area contributed by atoms with Crippen LogP contribution in [0.25, 0.3) is 22.3 Å². The first-order valence-corrected chi connectivity index (χ1v) is 16.5. The van der Waals surface area contributed by atoms with Crippen LogP contribution in [0.2, 0.25) is 0 Å². The van der Waals surface area contributed by atoms with E-state index in [4.69, 9.17) is 39.5 Å². The van der Waals surface area contributed by atoms with Gasteiger partial charge < -0.3 is 50.4 Å². The first-order chi connectivity index (χ1) is 21.3. The highest BCUT2D eigenvalue weighted by atomic mass is 31.2. The summed E-state index contributed by atoms with van der Waals surface area (Å²) in [4.78, 5) is 52.3. The van der Waals surface area contributed by atoms with Gasteiger partial charge in [-0.1, -0.05) is 0 Å². The van der Waals surface area contributed by atoms with E-state index in [-0.39, 0.29) is 34.0 Å². The van der Waals surface area contributed by atoms with Crippen LogP contribution in [-0.4, -0.2) is 104 Å². The molecule has 0 amide bonds. The monoisotopic (exact) mass is 673 g/mol. The molecule has 7 heterocycles. The number of imidazole rings is 2. The Bertz CT molecular complexity index is 1930. The number of aromatic amines is 1. The van der Waals surface area contributed by atoms with Gasteiger partial charge in [0.2, 0.25) is 5.95 Å². The molecule has 45 heavy (non-hydrogen) atoms. The number of nitrogen functional groups attached to an aromatic ring is 2. The molecule has 4 unspecified atom stereocenters. The predicted molar refractivity (Wildman–Crippen MR) is 146 cm³/mol. The number of aliphatic hydroxyl groups is 2. The molecular weight excluding hydrogens is 648 g/mol. The number of ether oxygens (including phenoxy) is 4. The van der Waals surface area contributed by atoms with Crippen molar-refractivity contribution in [3.05, 3.63) is 35.3 Å². The number of nitrogens with two attached hydrogens (primary N) is 2. The lowest BCUT2D eigenvalue weighted by molar-refractivity contribution is -0.174. The SMILES string of the molecule is Nc1nc2c(ncn2[C@@H]2O[C@@H]3OCP(=O)(O)OC4[C@@H](OCP(=O)(O)O[C@H]2C3O)O[C@@H](n2cnc3c(N)ccnc32)[C@H]4O)c(=O)[nH]1. The van der Waals surface area contributed by atoms with Crippen molar-refractivity contribution in [1.82, 2.24) is 34.1 Å². The van der Waals surface area contributed by atoms with Gasteiger partial charge in [-0.3, -0.25) is 37.1 Å². The molecule has 22 nitrogen and oxygen atoms in total. The molecule has 3 aliphatic heterocycles. The Morgan fingerprint density at radius 3 is 2.20 bits per heavy atom. The van der Waals surface area contributed by atoms with Gasteiger partial charge in [0.15, 0.2) is 54.5 Å². The van der Waals surface area contributed by atoms with Crippen molar-refractivity contribution < 1.29 is 57.1 Å². The Kier molecular flexibility index (Phi) is 7.32. The van der Waals surface area contributed by atoms with Crippen LogP contribution in [0.3, 0.4) is 0 Å². The Balaban J connectivity index is 1.21. The minimum absolute atomic E-state index is 0.130. The molecule has 242 valence electrons. The maximum atomic E-state index is 13.3. The quantitative estimate of drug-likeness (QED) is 0.116. The average Bonchev–Trinajstić information content (AvgIpc) is 3.72. The first-order valence-electron chi connectivity index (χ1n) is 13.0. The van der Waals surface area contributed by atoms with E-state index >= 15 is 0 Å². The Morgan fingerprint density at radius 1 is 0.844 bits per heavy atom. The summed E-state index contributed by atoms with van der Waals surface area (Å²) in [5.74, 6) is -0.283. The summed E-state index contributed by atoms with van der Waals surface area (Å²) < 4.78 is 61.9. The van der Waals surface area contributed by atoms with Crippen molar-refractivity contribution >= 4 is 49.2 Å². The lowest BCUT2D eigenvalue weighted by Crippen LogP contribution is -2.35. The van der Waals surface area contributed by atoms with Crippen LogP contribution in [0.1, 0.15) is 12.5 Å². The summed E-state index contributed by atoms with van der Waals surface area (Å²) in [5, 5.41) is 22.1. The minimum atomic E-state index is -4.84. The van der Waals surface area contributed by atoms with E-state index in [1.165, 1.54) is 23.2 Å². The van der Waals surface area contributed by atoms with Gasteiger partial charge in [-0.05, 0) is 6.07 Å². The van der Waals surface area contributed by atoms with E-state index in [0.29, 0.717) is 0 Å². The van der Waals surface area contributed by atoms with Crippen LogP contribution in [0.15, 0.2) is 29.7 Å². The minimum Gasteiger partial charge on any atom is -0.397 e. The van der Waals surface area contributed by atoms with E-state index in [0.717, 1.165) is 10.9 Å². The largest absolute Gasteiger partial charge is 0.397 e. The molecule has 4 aromatic heterocycles. The molecule has 10 atom stereocenters. The normalized spacial score (nSPS) is 37.7. The Labute approximate surface area is 249 Å². The molecule has 0 radical (unpaired) electrons. The zero-order chi connectivity index (χ0) is 31.8. The fraction of sp³-hybridized carbons (Fsp3) is 0.476. The molecule has 0 spiro atoms. The van der Waals surface area contributed by atoms with Crippen molar-refractivity contribution in [3.8, 4) is 0 Å². The highest BCUT2D eigenvalue weighted by Crippen LogP contribution is 2.53. The fourth-order valence-electron chi connectivity index (χ4n) is 5.24. The van der Waals surface area contributed by atoms with Crippen molar-refractivity contribution in [2.45, 2.75) is 49.5 Å². The number of nitrogens with one attached hydrogen (secondary N) is 1. The van der Waals surface area contributed by atoms with Crippen molar-refractivity contribution in [1.29, 1.82) is 0 Å². The number of fused-ring (bicyclic) bond motifs is 5. The van der Waals surface area contributed by atoms with Gasteiger partial charge >= 0.3 is 15.2 Å². The van der Waals surface area contributed by atoms with Crippen molar-refractivity contribution in [2.24, 2.45) is 0 Å². The maximum Gasteiger partial charge on any atom is 0.354 e. The predicted octanol–water partition coefficient (Wildman–Crippen LogP) is -1.74. The fourth-order valence-corrected chi connectivity index (χ4v) is 7.24. The molecule has 0 saturated carbocycles. The zero-order valence-electron chi connectivity index (χ0n) is 22.5. The van der Waals surface area contributed by atoms with Crippen LogP contribution in [0.5, 0.6) is 0 Å². The van der Waals surface area contributed by atoms with E-state index < -0.39 is 82.9 Å². The number of H-pyrrole nitrogens is 1. The summed E-state index contributed by atoms with van der Waals surface area (Å²) >= 11 is 0. The molecule has 3 fully saturated rings. The standard InChI is InChI=1S/C21H25N9O13P2/c22-7-1-2-24-14-8(7)25-3-29(14)17-10(31)13-20(40-17)39-6-44(34,35)42-12-11(32)19(38-5-45(36,37)43-13)41-18(12)30-4-26-9-15(30)27-21(23)28-16(9)33/h1-4,10-13,17-20,31-32H,5-6H2,(H2,22,24)(H,34,35)(H,36,37)(H3,23,27,28,33)/t10-,11?,12-,13?,17+,18+,19-,20-/m0/s1. The smallest absolute Gasteiger partial charge is 0.354 e. The molecule has 3 saturated heterocycles. The van der Waals surface area contributed by atoms with Crippen LogP contribution in [0, 0.1) is 0 Å². The summed E-state index contributed by atoms with van der Waals surface area (Å²) in [7, 11) is -9.64. The van der Waals surface area contributed by atoms with Gasteiger partial charge in [0.1, 0.15) is 29.9 Å². The molecule has 7 rings (SSSR count). The Hall–Kier alpha value is -3.37. The number of rotatable bonds is 2. The van der Waals surface area contributed by atoms with Crippen LogP contribution in [0.4, 0.5) is 11.6 Å². The maximum absolute atomic E-state index is 13.3. The van der Waals surface area contributed by atoms with Gasteiger partial charge in [0.25, 0.3) is 5.56 Å². The van der Waals surface area contributed by atoms with E-state index in [9.17, 15) is 33.9 Å². The average molecular weight is 673 g/mol. The number of anilines is 2.